The summed E-state index contributed by atoms with van der Waals surface area (Å²) in [5, 5.41) is 14.3. The lowest BCUT2D eigenvalue weighted by atomic mass is 9.78. The fourth-order valence-corrected chi connectivity index (χ4v) is 5.79. The van der Waals surface area contributed by atoms with Crippen LogP contribution in [-0.2, 0) is 9.53 Å². The minimum atomic E-state index is -1.23. The van der Waals surface area contributed by atoms with Gasteiger partial charge in [-0.25, -0.2) is 28.3 Å². The molecule has 0 amide bonds. The first-order valence-corrected chi connectivity index (χ1v) is 13.5. The number of ether oxygens (including phenoxy) is 1. The molecule has 0 saturated heterocycles. The Morgan fingerprint density at radius 1 is 1.23 bits per heavy atom. The SMILES string of the molecule is CCOC(=O)C1=C([C@H]2CC[C@H](c3nc(C(=O)O)co3)CC2)NC(c2nccs2)=NC1c1ccc(F)c(F)c1Cl. The van der Waals surface area contributed by atoms with Gasteiger partial charge in [0.25, 0.3) is 0 Å². The third-order valence-corrected chi connectivity index (χ3v) is 7.95. The molecule has 3 aromatic rings. The van der Waals surface area contributed by atoms with Gasteiger partial charge < -0.3 is 19.6 Å². The number of esters is 1. The van der Waals surface area contributed by atoms with E-state index in [-0.39, 0.29) is 35.3 Å². The first kappa shape index (κ1) is 26.9. The number of aromatic nitrogens is 2. The summed E-state index contributed by atoms with van der Waals surface area (Å²) < 4.78 is 39.3. The highest BCUT2D eigenvalue weighted by Gasteiger charge is 2.39. The monoisotopic (exact) mass is 576 g/mol. The highest BCUT2D eigenvalue weighted by Crippen LogP contribution is 2.44. The summed E-state index contributed by atoms with van der Waals surface area (Å²) in [5.74, 6) is -3.66. The van der Waals surface area contributed by atoms with Gasteiger partial charge in [0.2, 0.25) is 0 Å². The number of nitrogens with zero attached hydrogens (tertiary/aromatic N) is 3. The number of oxazole rings is 1. The van der Waals surface area contributed by atoms with Crippen LogP contribution in [0.15, 0.2) is 50.7 Å². The average Bonchev–Trinajstić information content (AvgIpc) is 3.65. The molecule has 0 bridgehead atoms. The van der Waals surface area contributed by atoms with E-state index in [1.807, 2.05) is 0 Å². The maximum absolute atomic E-state index is 14.5. The number of aromatic carboxylic acids is 1. The highest BCUT2D eigenvalue weighted by atomic mass is 35.5. The molecular formula is C26H23ClF2N4O5S. The minimum Gasteiger partial charge on any atom is -0.476 e. The molecular weight excluding hydrogens is 554 g/mol. The van der Waals surface area contributed by atoms with Crippen LogP contribution < -0.4 is 5.32 Å². The fourth-order valence-electron chi connectivity index (χ4n) is 4.95. The Bertz CT molecular complexity index is 1460. The summed E-state index contributed by atoms with van der Waals surface area (Å²) >= 11 is 7.57. The predicted molar refractivity (Wildman–Crippen MR) is 138 cm³/mol. The third-order valence-electron chi connectivity index (χ3n) is 6.79. The van der Waals surface area contributed by atoms with Crippen LogP contribution in [0.25, 0.3) is 0 Å². The highest BCUT2D eigenvalue weighted by molar-refractivity contribution is 7.11. The second kappa shape index (κ2) is 11.2. The van der Waals surface area contributed by atoms with Crippen molar-refractivity contribution in [2.24, 2.45) is 10.9 Å². The van der Waals surface area contributed by atoms with Crippen LogP contribution in [0.2, 0.25) is 5.02 Å². The van der Waals surface area contributed by atoms with Gasteiger partial charge in [-0.1, -0.05) is 17.7 Å². The van der Waals surface area contributed by atoms with Crippen molar-refractivity contribution >= 4 is 40.7 Å². The Morgan fingerprint density at radius 2 is 1.97 bits per heavy atom. The lowest BCUT2D eigenvalue weighted by Crippen LogP contribution is -2.38. The van der Waals surface area contributed by atoms with Gasteiger partial charge in [-0.05, 0) is 44.6 Å². The van der Waals surface area contributed by atoms with E-state index < -0.39 is 34.6 Å². The first-order chi connectivity index (χ1) is 18.8. The van der Waals surface area contributed by atoms with Gasteiger partial charge >= 0.3 is 11.9 Å². The molecule has 0 radical (unpaired) electrons. The Kier molecular flexibility index (Phi) is 7.76. The van der Waals surface area contributed by atoms with Crippen LogP contribution in [0.1, 0.15) is 71.5 Å². The van der Waals surface area contributed by atoms with Crippen molar-refractivity contribution in [1.82, 2.24) is 15.3 Å². The van der Waals surface area contributed by atoms with Gasteiger partial charge in [0.05, 0.1) is 17.2 Å². The van der Waals surface area contributed by atoms with Gasteiger partial charge in [-0.2, -0.15) is 0 Å². The topological polar surface area (TPSA) is 127 Å². The Morgan fingerprint density at radius 3 is 2.62 bits per heavy atom. The summed E-state index contributed by atoms with van der Waals surface area (Å²) in [6.45, 7) is 1.77. The van der Waals surface area contributed by atoms with E-state index in [4.69, 9.17) is 25.9 Å². The van der Waals surface area contributed by atoms with E-state index in [0.29, 0.717) is 48.1 Å². The molecule has 2 aromatic heterocycles. The molecule has 1 atom stereocenters. The number of aliphatic imine (C=N–C) groups is 1. The number of carboxylic acids is 1. The number of benzene rings is 1. The molecule has 1 aliphatic carbocycles. The first-order valence-electron chi connectivity index (χ1n) is 12.3. The van der Waals surface area contributed by atoms with Crippen LogP contribution in [-0.4, -0.2) is 39.5 Å². The largest absolute Gasteiger partial charge is 0.476 e. The Balaban J connectivity index is 1.54. The number of thiazole rings is 1. The number of carbonyl (C=O) groups excluding carboxylic acids is 1. The van der Waals surface area contributed by atoms with Gasteiger partial charge in [-0.3, -0.25) is 4.99 Å². The van der Waals surface area contributed by atoms with Crippen LogP contribution in [0.5, 0.6) is 0 Å². The second-order valence-electron chi connectivity index (χ2n) is 9.08. The second-order valence-corrected chi connectivity index (χ2v) is 10.4. The van der Waals surface area contributed by atoms with Crippen LogP contribution in [0.3, 0.4) is 0 Å². The fraction of sp³-hybridized carbons (Fsp3) is 0.346. The van der Waals surface area contributed by atoms with Crippen molar-refractivity contribution in [2.45, 2.75) is 44.6 Å². The molecule has 2 N–H and O–H groups in total. The third kappa shape index (κ3) is 5.30. The number of halogens is 3. The van der Waals surface area contributed by atoms with Crippen LogP contribution >= 0.6 is 22.9 Å². The summed E-state index contributed by atoms with van der Waals surface area (Å²) in [6.07, 6.45) is 5.17. The normalized spacial score (nSPS) is 21.3. The number of carboxylic acid groups (broad SMARTS) is 1. The Hall–Kier alpha value is -3.64. The molecule has 1 unspecified atom stereocenters. The van der Waals surface area contributed by atoms with Crippen LogP contribution in [0.4, 0.5) is 8.78 Å². The zero-order valence-electron chi connectivity index (χ0n) is 20.6. The van der Waals surface area contributed by atoms with Crippen molar-refractivity contribution in [3.63, 3.8) is 0 Å². The van der Waals surface area contributed by atoms with Gasteiger partial charge in [-0.15, -0.1) is 11.3 Å². The molecule has 1 aromatic carbocycles. The number of amidine groups is 1. The number of hydrogen-bond donors (Lipinski definition) is 2. The van der Waals surface area contributed by atoms with Crippen LogP contribution in [0, 0.1) is 17.6 Å². The van der Waals surface area contributed by atoms with Crippen molar-refractivity contribution in [2.75, 3.05) is 6.61 Å². The molecule has 1 saturated carbocycles. The number of carbonyl (C=O) groups is 2. The lowest BCUT2D eigenvalue weighted by Gasteiger charge is -2.34. The summed E-state index contributed by atoms with van der Waals surface area (Å²) in [7, 11) is 0. The molecule has 39 heavy (non-hydrogen) atoms. The smallest absolute Gasteiger partial charge is 0.357 e. The molecule has 204 valence electrons. The van der Waals surface area contributed by atoms with E-state index >= 15 is 0 Å². The maximum Gasteiger partial charge on any atom is 0.357 e. The van der Waals surface area contributed by atoms with E-state index in [1.165, 1.54) is 17.4 Å². The molecule has 3 heterocycles. The molecule has 13 heteroatoms. The number of hydrogen-bond acceptors (Lipinski definition) is 9. The number of nitrogens with one attached hydrogen (secondary N) is 1. The molecule has 0 spiro atoms. The molecule has 9 nitrogen and oxygen atoms in total. The summed E-state index contributed by atoms with van der Waals surface area (Å²) in [6, 6.07) is 1.20. The van der Waals surface area contributed by atoms with E-state index in [0.717, 1.165) is 12.3 Å². The molecule has 5 rings (SSSR count). The number of allylic oxidation sites excluding steroid dienone is 1. The quantitative estimate of drug-likeness (QED) is 0.273. The van der Waals surface area contributed by atoms with E-state index in [9.17, 15) is 18.4 Å². The zero-order chi connectivity index (χ0) is 27.7. The van der Waals surface area contributed by atoms with Crippen molar-refractivity contribution in [1.29, 1.82) is 0 Å². The van der Waals surface area contributed by atoms with Crippen molar-refractivity contribution < 1.29 is 32.6 Å². The Labute approximate surface area is 230 Å². The lowest BCUT2D eigenvalue weighted by molar-refractivity contribution is -0.139. The summed E-state index contributed by atoms with van der Waals surface area (Å²) in [5.41, 5.74) is 0.694. The molecule has 1 fully saturated rings. The summed E-state index contributed by atoms with van der Waals surface area (Å²) in [4.78, 5) is 37.6. The van der Waals surface area contributed by atoms with Gasteiger partial charge in [0.1, 0.15) is 12.3 Å². The minimum absolute atomic E-state index is 0.0897. The molecule has 2 aliphatic rings. The average molecular weight is 577 g/mol. The maximum atomic E-state index is 14.5. The molecule has 1 aliphatic heterocycles. The predicted octanol–water partition coefficient (Wildman–Crippen LogP) is 5.64. The standard InChI is InChI=1S/C26H23ClF2N4O5S/c1-2-37-26(36)17-20(12-3-5-13(6-4-12)23-31-16(11-38-23)25(34)35)32-22(24-30-9-10-39-24)33-21(17)14-7-8-15(28)19(29)18(14)27/h7-13,21H,2-6H2,1H3,(H,32,33)(H,34,35)/t12-,13-,21?. The van der Waals surface area contributed by atoms with Gasteiger partial charge in [0, 0.05) is 28.8 Å². The van der Waals surface area contributed by atoms with Gasteiger partial charge in [0.15, 0.2) is 34.1 Å². The van der Waals surface area contributed by atoms with E-state index in [2.05, 4.69) is 20.3 Å². The van der Waals surface area contributed by atoms with E-state index in [1.54, 1.807) is 18.5 Å². The zero-order valence-corrected chi connectivity index (χ0v) is 22.2. The van der Waals surface area contributed by atoms with Crippen molar-refractivity contribution in [3.8, 4) is 0 Å². The number of rotatable bonds is 7. The van der Waals surface area contributed by atoms with Crippen molar-refractivity contribution in [3.05, 3.63) is 80.1 Å².